The van der Waals surface area contributed by atoms with Crippen molar-refractivity contribution in [3.63, 3.8) is 0 Å². The van der Waals surface area contributed by atoms with Gasteiger partial charge in [0, 0.05) is 18.1 Å². The highest BCUT2D eigenvalue weighted by molar-refractivity contribution is 4.96. The molecule has 0 aromatic heterocycles. The molecule has 1 heterocycles. The molecule has 92 valence electrons. The van der Waals surface area contributed by atoms with Gasteiger partial charge in [0.05, 0.1) is 0 Å². The van der Waals surface area contributed by atoms with Gasteiger partial charge in [0.1, 0.15) is 0 Å². The summed E-state index contributed by atoms with van der Waals surface area (Å²) in [7, 11) is 0. The Kier molecular flexibility index (Phi) is 3.21. The van der Waals surface area contributed by atoms with Gasteiger partial charge in [-0.3, -0.25) is 4.90 Å². The van der Waals surface area contributed by atoms with Crippen molar-refractivity contribution < 1.29 is 0 Å². The number of likely N-dealkylation sites (tertiary alicyclic amines) is 1. The first-order valence-corrected chi connectivity index (χ1v) is 7.37. The maximum Gasteiger partial charge on any atom is 0.0139 e. The Morgan fingerprint density at radius 2 is 2.00 bits per heavy atom. The summed E-state index contributed by atoms with van der Waals surface area (Å²) in [6, 6.07) is 2.73. The predicted octanol–water partition coefficient (Wildman–Crippen LogP) is 2.39. The van der Waals surface area contributed by atoms with E-state index in [0.717, 1.165) is 24.0 Å². The lowest BCUT2D eigenvalue weighted by molar-refractivity contribution is 0.0503. The van der Waals surface area contributed by atoms with Crippen LogP contribution in [0.3, 0.4) is 0 Å². The second-order valence-electron chi connectivity index (χ2n) is 6.03. The largest absolute Gasteiger partial charge is 0.314 e. The van der Waals surface area contributed by atoms with Crippen molar-refractivity contribution in [2.24, 2.45) is 5.92 Å². The number of nitrogens with zero attached hydrogens (tertiary/aromatic N) is 1. The maximum atomic E-state index is 3.72. The van der Waals surface area contributed by atoms with Crippen molar-refractivity contribution in [1.29, 1.82) is 0 Å². The van der Waals surface area contributed by atoms with Crippen LogP contribution in [0.1, 0.15) is 51.9 Å². The van der Waals surface area contributed by atoms with Crippen LogP contribution in [-0.4, -0.2) is 36.1 Å². The summed E-state index contributed by atoms with van der Waals surface area (Å²) in [4.78, 5) is 2.84. The van der Waals surface area contributed by atoms with Crippen LogP contribution in [-0.2, 0) is 0 Å². The van der Waals surface area contributed by atoms with Gasteiger partial charge in [0.2, 0.25) is 0 Å². The molecule has 1 N–H and O–H groups in total. The summed E-state index contributed by atoms with van der Waals surface area (Å²) < 4.78 is 0. The topological polar surface area (TPSA) is 15.3 Å². The lowest BCUT2D eigenvalue weighted by Crippen LogP contribution is -2.52. The van der Waals surface area contributed by atoms with Gasteiger partial charge < -0.3 is 5.32 Å². The maximum absolute atomic E-state index is 3.72. The minimum absolute atomic E-state index is 0.891. The molecule has 0 amide bonds. The first-order chi connectivity index (χ1) is 7.88. The normalized spacial score (nSPS) is 39.9. The molecule has 0 radical (unpaired) electrons. The molecular formula is C14H26N2. The molecular weight excluding hydrogens is 196 g/mol. The minimum Gasteiger partial charge on any atom is -0.314 e. The molecule has 0 aromatic rings. The van der Waals surface area contributed by atoms with Gasteiger partial charge >= 0.3 is 0 Å². The van der Waals surface area contributed by atoms with Gasteiger partial charge in [0.15, 0.2) is 0 Å². The van der Waals surface area contributed by atoms with E-state index >= 15 is 0 Å². The van der Waals surface area contributed by atoms with Crippen LogP contribution >= 0.6 is 0 Å². The zero-order valence-electron chi connectivity index (χ0n) is 10.6. The number of hydrogen-bond donors (Lipinski definition) is 1. The van der Waals surface area contributed by atoms with E-state index in [-0.39, 0.29) is 0 Å². The van der Waals surface area contributed by atoms with E-state index in [1.807, 2.05) is 0 Å². The van der Waals surface area contributed by atoms with Crippen LogP contribution < -0.4 is 5.32 Å². The van der Waals surface area contributed by atoms with Crippen LogP contribution in [0.15, 0.2) is 0 Å². The molecule has 2 saturated carbocycles. The quantitative estimate of drug-likeness (QED) is 0.768. The zero-order valence-corrected chi connectivity index (χ0v) is 10.6. The second-order valence-corrected chi connectivity index (χ2v) is 6.03. The van der Waals surface area contributed by atoms with Gasteiger partial charge in [0.25, 0.3) is 0 Å². The molecule has 0 spiro atoms. The van der Waals surface area contributed by atoms with Crippen LogP contribution in [0.25, 0.3) is 0 Å². The van der Waals surface area contributed by atoms with E-state index in [9.17, 15) is 0 Å². The Morgan fingerprint density at radius 3 is 2.62 bits per heavy atom. The Hall–Kier alpha value is -0.0800. The van der Waals surface area contributed by atoms with E-state index in [1.54, 1.807) is 0 Å². The van der Waals surface area contributed by atoms with Gasteiger partial charge in [-0.05, 0) is 64.0 Å². The van der Waals surface area contributed by atoms with Crippen molar-refractivity contribution in [1.82, 2.24) is 10.2 Å². The number of hydrogen-bond acceptors (Lipinski definition) is 2. The average Bonchev–Trinajstić information content (AvgIpc) is 2.96. The molecule has 16 heavy (non-hydrogen) atoms. The first-order valence-electron chi connectivity index (χ1n) is 7.37. The fraction of sp³-hybridized carbons (Fsp3) is 1.00. The Balaban J connectivity index is 1.49. The van der Waals surface area contributed by atoms with Crippen LogP contribution in [0.5, 0.6) is 0 Å². The third-order valence-electron chi connectivity index (χ3n) is 4.94. The summed E-state index contributed by atoms with van der Waals surface area (Å²) in [5.41, 5.74) is 0. The van der Waals surface area contributed by atoms with Gasteiger partial charge in [-0.2, -0.15) is 0 Å². The van der Waals surface area contributed by atoms with Crippen LogP contribution in [0.2, 0.25) is 0 Å². The lowest BCUT2D eigenvalue weighted by atomic mass is 9.78. The van der Waals surface area contributed by atoms with Crippen molar-refractivity contribution in [2.75, 3.05) is 13.1 Å². The van der Waals surface area contributed by atoms with Crippen molar-refractivity contribution in [2.45, 2.75) is 70.0 Å². The molecule has 2 nitrogen and oxygen atoms in total. The lowest BCUT2D eigenvalue weighted by Gasteiger charge is -2.45. The van der Waals surface area contributed by atoms with E-state index < -0.39 is 0 Å². The smallest absolute Gasteiger partial charge is 0.0139 e. The highest BCUT2D eigenvalue weighted by Crippen LogP contribution is 2.37. The molecule has 3 rings (SSSR count). The molecule has 3 unspecified atom stereocenters. The van der Waals surface area contributed by atoms with Gasteiger partial charge in [-0.15, -0.1) is 0 Å². The Morgan fingerprint density at radius 1 is 1.12 bits per heavy atom. The first kappa shape index (κ1) is 11.0. The number of nitrogens with one attached hydrogen (secondary N) is 1. The van der Waals surface area contributed by atoms with Gasteiger partial charge in [-0.1, -0.05) is 6.92 Å². The van der Waals surface area contributed by atoms with Crippen LogP contribution in [0.4, 0.5) is 0 Å². The molecule has 2 aliphatic carbocycles. The molecule has 3 aliphatic rings. The summed E-state index contributed by atoms with van der Waals surface area (Å²) >= 11 is 0. The summed E-state index contributed by atoms with van der Waals surface area (Å²) in [6.45, 7) is 5.03. The zero-order chi connectivity index (χ0) is 11.0. The second kappa shape index (κ2) is 4.66. The van der Waals surface area contributed by atoms with E-state index in [1.165, 1.54) is 58.0 Å². The monoisotopic (exact) mass is 222 g/mol. The number of rotatable bonds is 5. The Bertz CT molecular complexity index is 237. The minimum atomic E-state index is 0.891. The average molecular weight is 222 g/mol. The van der Waals surface area contributed by atoms with Crippen molar-refractivity contribution in [3.8, 4) is 0 Å². The molecule has 3 atom stereocenters. The van der Waals surface area contributed by atoms with E-state index in [2.05, 4.69) is 17.1 Å². The Labute approximate surface area is 99.8 Å². The SMILES string of the molecule is CCC1CCCN1C1CCC1CNC1CC1. The summed E-state index contributed by atoms with van der Waals surface area (Å²) in [5, 5.41) is 3.72. The van der Waals surface area contributed by atoms with E-state index in [0.29, 0.717) is 0 Å². The standard InChI is InChI=1S/C14H26N2/c1-2-13-4-3-9-16(13)14-8-5-11(14)10-15-12-6-7-12/h11-15H,2-10H2,1H3. The fourth-order valence-electron chi connectivity index (χ4n) is 3.56. The third-order valence-corrected chi connectivity index (χ3v) is 4.94. The molecule has 0 aromatic carbocycles. The third kappa shape index (κ3) is 2.14. The predicted molar refractivity (Wildman–Crippen MR) is 67.6 cm³/mol. The molecule has 1 aliphatic heterocycles. The highest BCUT2D eigenvalue weighted by atomic mass is 15.2. The van der Waals surface area contributed by atoms with E-state index in [4.69, 9.17) is 0 Å². The molecule has 2 heteroatoms. The molecule has 1 saturated heterocycles. The van der Waals surface area contributed by atoms with Gasteiger partial charge in [-0.25, -0.2) is 0 Å². The highest BCUT2D eigenvalue weighted by Gasteiger charge is 2.40. The molecule has 3 fully saturated rings. The summed E-state index contributed by atoms with van der Waals surface area (Å²) in [5.74, 6) is 0.966. The fourth-order valence-corrected chi connectivity index (χ4v) is 3.56. The van der Waals surface area contributed by atoms with Crippen LogP contribution in [0, 0.1) is 5.92 Å². The summed E-state index contributed by atoms with van der Waals surface area (Å²) in [6.07, 6.45) is 10.1. The van der Waals surface area contributed by atoms with Crippen molar-refractivity contribution in [3.05, 3.63) is 0 Å². The molecule has 0 bridgehead atoms. The van der Waals surface area contributed by atoms with Crippen molar-refractivity contribution >= 4 is 0 Å².